The lowest BCUT2D eigenvalue weighted by Gasteiger charge is -2.32. The van der Waals surface area contributed by atoms with E-state index < -0.39 is 5.82 Å². The maximum Gasteiger partial charge on any atom is 0.317 e. The second-order valence-electron chi connectivity index (χ2n) is 7.13. The molecule has 1 saturated heterocycles. The first-order chi connectivity index (χ1) is 14.0. The zero-order chi connectivity index (χ0) is 20.4. The number of amides is 2. The molecule has 2 amide bonds. The number of carbonyl (C=O) groups excluding carboxylic acids is 1. The van der Waals surface area contributed by atoms with Gasteiger partial charge in [-0.1, -0.05) is 12.1 Å². The van der Waals surface area contributed by atoms with Crippen LogP contribution in [0.25, 0.3) is 10.9 Å². The molecule has 0 unspecified atom stereocenters. The third-order valence-electron chi connectivity index (χ3n) is 5.22. The van der Waals surface area contributed by atoms with E-state index in [1.165, 1.54) is 41.2 Å². The maximum absolute atomic E-state index is 13.5. The molecule has 150 valence electrons. The second-order valence-corrected chi connectivity index (χ2v) is 7.13. The fraction of sp³-hybridized carbons (Fsp3) is 0.286. The van der Waals surface area contributed by atoms with Gasteiger partial charge in [0.05, 0.1) is 17.2 Å². The van der Waals surface area contributed by atoms with Crippen LogP contribution in [-0.2, 0) is 6.54 Å². The first-order valence-corrected chi connectivity index (χ1v) is 9.45. The predicted molar refractivity (Wildman–Crippen MR) is 104 cm³/mol. The summed E-state index contributed by atoms with van der Waals surface area (Å²) in [7, 11) is 0. The van der Waals surface area contributed by atoms with E-state index in [1.54, 1.807) is 17.0 Å². The first-order valence-electron chi connectivity index (χ1n) is 9.45. The molecule has 0 spiro atoms. The van der Waals surface area contributed by atoms with Crippen molar-refractivity contribution in [3.8, 4) is 0 Å². The van der Waals surface area contributed by atoms with E-state index in [1.807, 2.05) is 0 Å². The Labute approximate surface area is 165 Å². The monoisotopic (exact) mass is 398 g/mol. The number of fused-ring (bicyclic) bond motifs is 1. The molecule has 1 aliphatic rings. The van der Waals surface area contributed by atoms with Gasteiger partial charge in [0.1, 0.15) is 11.6 Å². The molecule has 0 saturated carbocycles. The van der Waals surface area contributed by atoms with Gasteiger partial charge in [0.15, 0.2) is 0 Å². The third kappa shape index (κ3) is 4.11. The lowest BCUT2D eigenvalue weighted by molar-refractivity contribution is 0.170. The number of aromatic nitrogens is 2. The average Bonchev–Trinajstić information content (AvgIpc) is 2.73. The van der Waals surface area contributed by atoms with Crippen LogP contribution in [0.4, 0.5) is 13.6 Å². The van der Waals surface area contributed by atoms with Crippen molar-refractivity contribution in [2.24, 2.45) is 0 Å². The summed E-state index contributed by atoms with van der Waals surface area (Å²) in [4.78, 5) is 31.0. The van der Waals surface area contributed by atoms with Crippen molar-refractivity contribution in [3.63, 3.8) is 0 Å². The summed E-state index contributed by atoms with van der Waals surface area (Å²) in [5, 5.41) is 3.04. The summed E-state index contributed by atoms with van der Waals surface area (Å²) in [6.07, 6.45) is 2.68. The van der Waals surface area contributed by atoms with Gasteiger partial charge in [-0.3, -0.25) is 9.36 Å². The van der Waals surface area contributed by atoms with Crippen LogP contribution < -0.4 is 10.9 Å². The molecular formula is C21H20F2N4O2. The van der Waals surface area contributed by atoms with E-state index in [0.29, 0.717) is 37.0 Å². The Morgan fingerprint density at radius 2 is 1.86 bits per heavy atom. The molecule has 3 aromatic rings. The number of nitrogens with zero attached hydrogens (tertiary/aromatic N) is 3. The Bertz CT molecular complexity index is 1110. The Kier molecular flexibility index (Phi) is 5.24. The van der Waals surface area contributed by atoms with Crippen molar-refractivity contribution in [2.45, 2.75) is 25.4 Å². The number of piperidine rings is 1. The van der Waals surface area contributed by atoms with Gasteiger partial charge in [-0.05, 0) is 48.7 Å². The highest BCUT2D eigenvalue weighted by atomic mass is 19.1. The molecule has 0 aliphatic carbocycles. The van der Waals surface area contributed by atoms with Gasteiger partial charge >= 0.3 is 6.03 Å². The molecule has 1 fully saturated rings. The maximum atomic E-state index is 13.5. The fourth-order valence-electron chi connectivity index (χ4n) is 3.65. The minimum Gasteiger partial charge on any atom is -0.334 e. The van der Waals surface area contributed by atoms with Crippen LogP contribution in [0.5, 0.6) is 0 Å². The summed E-state index contributed by atoms with van der Waals surface area (Å²) in [6, 6.07) is 9.73. The second kappa shape index (κ2) is 7.98. The molecule has 6 nitrogen and oxygen atoms in total. The van der Waals surface area contributed by atoms with Crippen LogP contribution in [0.15, 0.2) is 53.6 Å². The highest BCUT2D eigenvalue weighted by molar-refractivity contribution is 5.77. The Balaban J connectivity index is 1.39. The minimum absolute atomic E-state index is 0.102. The van der Waals surface area contributed by atoms with E-state index in [-0.39, 0.29) is 35.4 Å². The molecule has 8 heteroatoms. The van der Waals surface area contributed by atoms with Crippen molar-refractivity contribution in [2.75, 3.05) is 13.1 Å². The first kappa shape index (κ1) is 19.0. The van der Waals surface area contributed by atoms with Crippen molar-refractivity contribution >= 4 is 16.9 Å². The van der Waals surface area contributed by atoms with Gasteiger partial charge in [-0.2, -0.15) is 0 Å². The van der Waals surface area contributed by atoms with E-state index in [9.17, 15) is 18.4 Å². The van der Waals surface area contributed by atoms with Crippen molar-refractivity contribution in [1.82, 2.24) is 19.8 Å². The highest BCUT2D eigenvalue weighted by Crippen LogP contribution is 2.22. The zero-order valence-electron chi connectivity index (χ0n) is 15.6. The predicted octanol–water partition coefficient (Wildman–Crippen LogP) is 3.22. The Hall–Kier alpha value is -3.29. The summed E-state index contributed by atoms with van der Waals surface area (Å²) < 4.78 is 28.3. The summed E-state index contributed by atoms with van der Waals surface area (Å²) >= 11 is 0. The Morgan fingerprint density at radius 3 is 2.62 bits per heavy atom. The topological polar surface area (TPSA) is 67.2 Å². The smallest absolute Gasteiger partial charge is 0.317 e. The van der Waals surface area contributed by atoms with Crippen LogP contribution in [0.1, 0.15) is 24.4 Å². The average molecular weight is 398 g/mol. The lowest BCUT2D eigenvalue weighted by Crippen LogP contribution is -2.45. The van der Waals surface area contributed by atoms with Gasteiger partial charge in [-0.15, -0.1) is 0 Å². The van der Waals surface area contributed by atoms with Crippen molar-refractivity contribution < 1.29 is 13.6 Å². The highest BCUT2D eigenvalue weighted by Gasteiger charge is 2.25. The van der Waals surface area contributed by atoms with E-state index in [4.69, 9.17) is 0 Å². The van der Waals surface area contributed by atoms with E-state index in [2.05, 4.69) is 10.3 Å². The van der Waals surface area contributed by atoms with E-state index >= 15 is 0 Å². The minimum atomic E-state index is -0.473. The Morgan fingerprint density at radius 1 is 1.10 bits per heavy atom. The summed E-state index contributed by atoms with van der Waals surface area (Å²) in [6.45, 7) is 1.21. The van der Waals surface area contributed by atoms with Crippen LogP contribution in [-0.4, -0.2) is 33.6 Å². The van der Waals surface area contributed by atoms with Gasteiger partial charge in [-0.25, -0.2) is 18.6 Å². The van der Waals surface area contributed by atoms with Gasteiger partial charge in [0.25, 0.3) is 5.56 Å². The third-order valence-corrected chi connectivity index (χ3v) is 5.22. The number of rotatable bonds is 3. The standard InChI is InChI=1S/C21H20F2N4O2/c22-15-3-1-2-14(10-15)12-24-21(29)26-8-6-17(7-9-26)27-13-25-19-5-4-16(23)11-18(19)20(27)28/h1-5,10-11,13,17H,6-9,12H2,(H,24,29). The quantitative estimate of drug-likeness (QED) is 0.737. The lowest BCUT2D eigenvalue weighted by atomic mass is 10.0. The largest absolute Gasteiger partial charge is 0.334 e. The molecule has 29 heavy (non-hydrogen) atoms. The SMILES string of the molecule is O=C(NCc1cccc(F)c1)N1CCC(n2cnc3ccc(F)cc3c2=O)CC1. The number of carbonyl (C=O) groups is 1. The molecule has 0 bridgehead atoms. The van der Waals surface area contributed by atoms with Crippen LogP contribution in [0.3, 0.4) is 0 Å². The number of likely N-dealkylation sites (tertiary alicyclic amines) is 1. The molecular weight excluding hydrogens is 378 g/mol. The van der Waals surface area contributed by atoms with Crippen LogP contribution in [0.2, 0.25) is 0 Å². The van der Waals surface area contributed by atoms with Crippen LogP contribution in [0, 0.1) is 11.6 Å². The molecule has 1 N–H and O–H groups in total. The molecule has 4 rings (SSSR count). The molecule has 2 heterocycles. The normalized spacial score (nSPS) is 14.9. The van der Waals surface area contributed by atoms with Gasteiger partial charge < -0.3 is 10.2 Å². The molecule has 1 aromatic heterocycles. The number of hydrogen-bond acceptors (Lipinski definition) is 3. The van der Waals surface area contributed by atoms with E-state index in [0.717, 1.165) is 0 Å². The molecule has 1 aliphatic heterocycles. The van der Waals surface area contributed by atoms with Gasteiger partial charge in [0, 0.05) is 25.7 Å². The number of benzene rings is 2. The summed E-state index contributed by atoms with van der Waals surface area (Å²) in [5.74, 6) is -0.814. The molecule has 0 radical (unpaired) electrons. The number of halogens is 2. The van der Waals surface area contributed by atoms with Crippen molar-refractivity contribution in [3.05, 3.63) is 76.3 Å². The molecule has 0 atom stereocenters. The van der Waals surface area contributed by atoms with Gasteiger partial charge in [0.2, 0.25) is 0 Å². The number of urea groups is 1. The molecule has 2 aromatic carbocycles. The summed E-state index contributed by atoms with van der Waals surface area (Å²) in [5.41, 5.74) is 0.875. The number of nitrogens with one attached hydrogen (secondary N) is 1. The van der Waals surface area contributed by atoms with Crippen LogP contribution >= 0.6 is 0 Å². The number of hydrogen-bond donors (Lipinski definition) is 1. The fourth-order valence-corrected chi connectivity index (χ4v) is 3.65. The van der Waals surface area contributed by atoms with Crippen molar-refractivity contribution in [1.29, 1.82) is 0 Å². The zero-order valence-corrected chi connectivity index (χ0v) is 15.6.